The molecule has 0 aliphatic rings. The van der Waals surface area contributed by atoms with E-state index in [2.05, 4.69) is 26.1 Å². The predicted octanol–water partition coefficient (Wildman–Crippen LogP) is 4.78. The molecule has 1 unspecified atom stereocenters. The summed E-state index contributed by atoms with van der Waals surface area (Å²) in [5.74, 6) is 1.11. The molecule has 2 aromatic rings. The van der Waals surface area contributed by atoms with Crippen molar-refractivity contribution in [2.75, 3.05) is 5.32 Å². The van der Waals surface area contributed by atoms with Gasteiger partial charge in [0.2, 0.25) is 0 Å². The molecule has 0 spiro atoms. The van der Waals surface area contributed by atoms with E-state index in [0.717, 1.165) is 23.4 Å². The van der Waals surface area contributed by atoms with Crippen LogP contribution in [0.15, 0.2) is 48.5 Å². The smallest absolute Gasteiger partial charge is 0.265 e. The number of amides is 1. The molecule has 0 bridgehead atoms. The van der Waals surface area contributed by atoms with Gasteiger partial charge in [-0.3, -0.25) is 4.79 Å². The lowest BCUT2D eigenvalue weighted by Crippen LogP contribution is -2.30. The number of rotatable bonds is 6. The second kappa shape index (κ2) is 7.82. The van der Waals surface area contributed by atoms with Gasteiger partial charge < -0.3 is 10.1 Å². The Morgan fingerprint density at radius 2 is 1.70 bits per heavy atom. The second-order valence-electron chi connectivity index (χ2n) is 5.99. The summed E-state index contributed by atoms with van der Waals surface area (Å²) in [5, 5.41) is 2.90. The zero-order chi connectivity index (χ0) is 16.8. The lowest BCUT2D eigenvalue weighted by Gasteiger charge is -2.17. The van der Waals surface area contributed by atoms with Crippen molar-refractivity contribution in [1.82, 2.24) is 0 Å². The van der Waals surface area contributed by atoms with Crippen LogP contribution in [0, 0.1) is 0 Å². The summed E-state index contributed by atoms with van der Waals surface area (Å²) >= 11 is 0. The number of hydrogen-bond acceptors (Lipinski definition) is 2. The van der Waals surface area contributed by atoms with Crippen molar-refractivity contribution in [2.45, 2.75) is 46.1 Å². The average molecular weight is 311 g/mol. The van der Waals surface area contributed by atoms with Gasteiger partial charge in [0, 0.05) is 5.69 Å². The number of anilines is 1. The highest BCUT2D eigenvalue weighted by molar-refractivity contribution is 5.94. The first-order valence-electron chi connectivity index (χ1n) is 8.16. The van der Waals surface area contributed by atoms with E-state index >= 15 is 0 Å². The third-order valence-electron chi connectivity index (χ3n) is 3.87. The SMILES string of the molecule is CCc1ccccc1OC(C)C(=O)Nc1ccc(C(C)C)cc1. The highest BCUT2D eigenvalue weighted by Crippen LogP contribution is 2.21. The van der Waals surface area contributed by atoms with Crippen molar-refractivity contribution in [3.63, 3.8) is 0 Å². The molecule has 0 aliphatic heterocycles. The lowest BCUT2D eigenvalue weighted by molar-refractivity contribution is -0.122. The topological polar surface area (TPSA) is 38.3 Å². The van der Waals surface area contributed by atoms with Crippen molar-refractivity contribution in [3.05, 3.63) is 59.7 Å². The molecule has 0 heterocycles. The summed E-state index contributed by atoms with van der Waals surface area (Å²) in [6.45, 7) is 8.14. The van der Waals surface area contributed by atoms with E-state index in [-0.39, 0.29) is 5.91 Å². The van der Waals surface area contributed by atoms with E-state index in [4.69, 9.17) is 4.74 Å². The Labute approximate surface area is 138 Å². The minimum Gasteiger partial charge on any atom is -0.481 e. The van der Waals surface area contributed by atoms with Crippen LogP contribution < -0.4 is 10.1 Å². The first kappa shape index (κ1) is 17.1. The number of para-hydroxylation sites is 1. The van der Waals surface area contributed by atoms with Gasteiger partial charge in [-0.05, 0) is 48.6 Å². The van der Waals surface area contributed by atoms with E-state index in [1.54, 1.807) is 6.92 Å². The third-order valence-corrected chi connectivity index (χ3v) is 3.87. The number of carbonyl (C=O) groups is 1. The summed E-state index contributed by atoms with van der Waals surface area (Å²) in [6, 6.07) is 15.8. The van der Waals surface area contributed by atoms with Crippen LogP contribution in [-0.2, 0) is 11.2 Å². The largest absolute Gasteiger partial charge is 0.481 e. The monoisotopic (exact) mass is 311 g/mol. The molecule has 1 amide bonds. The molecular formula is C20H25NO2. The van der Waals surface area contributed by atoms with Crippen molar-refractivity contribution in [2.24, 2.45) is 0 Å². The molecule has 0 radical (unpaired) electrons. The Kier molecular flexibility index (Phi) is 5.80. The van der Waals surface area contributed by atoms with Crippen LogP contribution in [0.25, 0.3) is 0 Å². The highest BCUT2D eigenvalue weighted by atomic mass is 16.5. The Hall–Kier alpha value is -2.29. The van der Waals surface area contributed by atoms with Gasteiger partial charge in [-0.1, -0.05) is 51.1 Å². The Morgan fingerprint density at radius 3 is 2.30 bits per heavy atom. The predicted molar refractivity (Wildman–Crippen MR) is 95.1 cm³/mol. The molecule has 0 aromatic heterocycles. The summed E-state index contributed by atoms with van der Waals surface area (Å²) in [5.41, 5.74) is 3.15. The van der Waals surface area contributed by atoms with E-state index < -0.39 is 6.10 Å². The first-order valence-corrected chi connectivity index (χ1v) is 8.16. The van der Waals surface area contributed by atoms with Gasteiger partial charge in [0.15, 0.2) is 6.10 Å². The molecule has 1 N–H and O–H groups in total. The standard InChI is InChI=1S/C20H25NO2/c1-5-16-8-6-7-9-19(16)23-15(4)20(22)21-18-12-10-17(11-13-18)14(2)3/h6-15H,5H2,1-4H3,(H,21,22). The van der Waals surface area contributed by atoms with Gasteiger partial charge in [0.05, 0.1) is 0 Å². The quantitative estimate of drug-likeness (QED) is 0.834. The summed E-state index contributed by atoms with van der Waals surface area (Å²) in [6.07, 6.45) is 0.328. The normalized spacial score (nSPS) is 12.0. The zero-order valence-corrected chi connectivity index (χ0v) is 14.3. The maximum Gasteiger partial charge on any atom is 0.265 e. The van der Waals surface area contributed by atoms with Gasteiger partial charge in [-0.2, -0.15) is 0 Å². The van der Waals surface area contributed by atoms with Crippen molar-refractivity contribution in [3.8, 4) is 5.75 Å². The van der Waals surface area contributed by atoms with Gasteiger partial charge in [0.25, 0.3) is 5.91 Å². The minimum atomic E-state index is -0.549. The van der Waals surface area contributed by atoms with Crippen LogP contribution in [-0.4, -0.2) is 12.0 Å². The molecule has 0 saturated heterocycles. The number of carbonyl (C=O) groups excluding carboxylic acids is 1. The maximum absolute atomic E-state index is 12.3. The van der Waals surface area contributed by atoms with Crippen molar-refractivity contribution in [1.29, 1.82) is 0 Å². The van der Waals surface area contributed by atoms with Crippen LogP contribution in [0.5, 0.6) is 5.75 Å². The molecule has 23 heavy (non-hydrogen) atoms. The maximum atomic E-state index is 12.3. The van der Waals surface area contributed by atoms with E-state index in [1.807, 2.05) is 48.5 Å². The van der Waals surface area contributed by atoms with E-state index in [1.165, 1.54) is 5.56 Å². The van der Waals surface area contributed by atoms with Crippen LogP contribution in [0.4, 0.5) is 5.69 Å². The van der Waals surface area contributed by atoms with Gasteiger partial charge in [-0.25, -0.2) is 0 Å². The van der Waals surface area contributed by atoms with Gasteiger partial charge in [-0.15, -0.1) is 0 Å². The van der Waals surface area contributed by atoms with Gasteiger partial charge >= 0.3 is 0 Å². The number of benzene rings is 2. The molecule has 1 atom stereocenters. The molecule has 0 saturated carbocycles. The molecular weight excluding hydrogens is 286 g/mol. The second-order valence-corrected chi connectivity index (χ2v) is 5.99. The fourth-order valence-electron chi connectivity index (χ4n) is 2.35. The van der Waals surface area contributed by atoms with Crippen LogP contribution in [0.2, 0.25) is 0 Å². The number of nitrogens with one attached hydrogen (secondary N) is 1. The van der Waals surface area contributed by atoms with E-state index in [0.29, 0.717) is 5.92 Å². The summed E-state index contributed by atoms with van der Waals surface area (Å²) in [4.78, 5) is 12.3. The fraction of sp³-hybridized carbons (Fsp3) is 0.350. The molecule has 2 aromatic carbocycles. The Balaban J connectivity index is 1.99. The van der Waals surface area contributed by atoms with E-state index in [9.17, 15) is 4.79 Å². The summed E-state index contributed by atoms with van der Waals surface area (Å²) < 4.78 is 5.82. The van der Waals surface area contributed by atoms with Crippen LogP contribution in [0.1, 0.15) is 44.7 Å². The number of ether oxygens (including phenoxy) is 1. The number of hydrogen-bond donors (Lipinski definition) is 1. The average Bonchev–Trinajstić information content (AvgIpc) is 2.55. The number of aryl methyl sites for hydroxylation is 1. The zero-order valence-electron chi connectivity index (χ0n) is 14.3. The lowest BCUT2D eigenvalue weighted by atomic mass is 10.0. The molecule has 0 aliphatic carbocycles. The molecule has 2 rings (SSSR count). The van der Waals surface area contributed by atoms with Crippen molar-refractivity contribution >= 4 is 11.6 Å². The third kappa shape index (κ3) is 4.59. The first-order chi connectivity index (χ1) is 11.0. The minimum absolute atomic E-state index is 0.145. The Bertz CT molecular complexity index is 647. The Morgan fingerprint density at radius 1 is 1.04 bits per heavy atom. The summed E-state index contributed by atoms with van der Waals surface area (Å²) in [7, 11) is 0. The molecule has 3 heteroatoms. The van der Waals surface area contributed by atoms with Gasteiger partial charge in [0.1, 0.15) is 5.75 Å². The van der Waals surface area contributed by atoms with Crippen LogP contribution in [0.3, 0.4) is 0 Å². The molecule has 3 nitrogen and oxygen atoms in total. The van der Waals surface area contributed by atoms with Crippen molar-refractivity contribution < 1.29 is 9.53 Å². The molecule has 0 fully saturated rings. The highest BCUT2D eigenvalue weighted by Gasteiger charge is 2.16. The molecule has 122 valence electrons. The fourth-order valence-corrected chi connectivity index (χ4v) is 2.35. The van der Waals surface area contributed by atoms with Crippen LogP contribution >= 0.6 is 0 Å².